The Morgan fingerprint density at radius 3 is 2.42 bits per heavy atom. The van der Waals surface area contributed by atoms with E-state index in [1.165, 1.54) is 6.07 Å². The van der Waals surface area contributed by atoms with E-state index < -0.39 is 17.9 Å². The van der Waals surface area contributed by atoms with Crippen LogP contribution in [0.15, 0.2) is 53.5 Å². The number of aliphatic carboxylic acids is 1. The smallest absolute Gasteiger partial charge is 0.330 e. The number of carbonyl (C=O) groups excluding carboxylic acids is 1. The van der Waals surface area contributed by atoms with Gasteiger partial charge in [-0.1, -0.05) is 30.3 Å². The van der Waals surface area contributed by atoms with Crippen molar-refractivity contribution >= 4 is 11.9 Å². The lowest BCUT2D eigenvalue weighted by atomic mass is 9.92. The van der Waals surface area contributed by atoms with Gasteiger partial charge in [0, 0.05) is 12.2 Å². The van der Waals surface area contributed by atoms with E-state index in [2.05, 4.69) is 5.32 Å². The first-order valence-corrected chi connectivity index (χ1v) is 7.87. The summed E-state index contributed by atoms with van der Waals surface area (Å²) >= 11 is 0. The summed E-state index contributed by atoms with van der Waals surface area (Å²) in [7, 11) is 0. The van der Waals surface area contributed by atoms with Gasteiger partial charge in [-0.15, -0.1) is 0 Å². The molecular formula is C18H18N2O4. The number of benzene rings is 1. The predicted octanol–water partition coefficient (Wildman–Crippen LogP) is 2.13. The lowest BCUT2D eigenvalue weighted by Gasteiger charge is -2.27. The molecular weight excluding hydrogens is 308 g/mol. The first kappa shape index (κ1) is 16.0. The van der Waals surface area contributed by atoms with Gasteiger partial charge >= 0.3 is 5.97 Å². The molecule has 0 spiro atoms. The maximum atomic E-state index is 12.5. The van der Waals surface area contributed by atoms with Crippen LogP contribution in [-0.4, -0.2) is 21.6 Å². The van der Waals surface area contributed by atoms with Crippen LogP contribution in [0, 0.1) is 0 Å². The highest BCUT2D eigenvalue weighted by Gasteiger charge is 2.26. The Balaban J connectivity index is 1.86. The second-order valence-electron chi connectivity index (χ2n) is 5.87. The summed E-state index contributed by atoms with van der Waals surface area (Å²) in [5, 5.41) is 11.8. The third-order valence-electron chi connectivity index (χ3n) is 4.34. The van der Waals surface area contributed by atoms with Gasteiger partial charge in [-0.25, -0.2) is 4.79 Å². The molecule has 1 atom stereocenters. The van der Waals surface area contributed by atoms with Gasteiger partial charge in [0.2, 0.25) is 0 Å². The van der Waals surface area contributed by atoms with Crippen LogP contribution in [0.3, 0.4) is 0 Å². The highest BCUT2D eigenvalue weighted by Crippen LogP contribution is 2.29. The van der Waals surface area contributed by atoms with E-state index in [1.54, 1.807) is 47.2 Å². The Bertz CT molecular complexity index is 809. The van der Waals surface area contributed by atoms with Crippen LogP contribution in [0.2, 0.25) is 0 Å². The summed E-state index contributed by atoms with van der Waals surface area (Å²) in [6.45, 7) is 0. The van der Waals surface area contributed by atoms with Gasteiger partial charge in [-0.05, 0) is 37.0 Å². The molecule has 1 unspecified atom stereocenters. The van der Waals surface area contributed by atoms with E-state index in [4.69, 9.17) is 0 Å². The van der Waals surface area contributed by atoms with Gasteiger partial charge in [-0.2, -0.15) is 0 Å². The van der Waals surface area contributed by atoms with Gasteiger partial charge in [0.1, 0.15) is 5.56 Å². The summed E-state index contributed by atoms with van der Waals surface area (Å²) in [4.78, 5) is 36.4. The molecule has 1 aliphatic rings. The normalized spacial score (nSPS) is 15.3. The number of rotatable bonds is 5. The minimum absolute atomic E-state index is 0.0356. The number of carboxylic acid groups (broad SMARTS) is 1. The highest BCUT2D eigenvalue weighted by molar-refractivity contribution is 5.96. The van der Waals surface area contributed by atoms with Crippen LogP contribution in [-0.2, 0) is 4.79 Å². The Hall–Kier alpha value is -2.89. The quantitative estimate of drug-likeness (QED) is 0.881. The van der Waals surface area contributed by atoms with Crippen LogP contribution >= 0.6 is 0 Å². The average Bonchev–Trinajstić information content (AvgIpc) is 2.53. The topological polar surface area (TPSA) is 88.4 Å². The molecule has 1 aromatic heterocycles. The molecule has 1 fully saturated rings. The summed E-state index contributed by atoms with van der Waals surface area (Å²) in [6.07, 6.45) is 4.59. The van der Waals surface area contributed by atoms with Crippen LogP contribution < -0.4 is 10.9 Å². The molecule has 2 aromatic rings. The number of nitrogens with one attached hydrogen (secondary N) is 1. The fourth-order valence-corrected chi connectivity index (χ4v) is 2.78. The lowest BCUT2D eigenvalue weighted by Crippen LogP contribution is -2.39. The highest BCUT2D eigenvalue weighted by atomic mass is 16.4. The monoisotopic (exact) mass is 326 g/mol. The first-order chi connectivity index (χ1) is 11.6. The zero-order chi connectivity index (χ0) is 17.1. The van der Waals surface area contributed by atoms with Crippen molar-refractivity contribution in [2.75, 3.05) is 0 Å². The van der Waals surface area contributed by atoms with Gasteiger partial charge in [-0.3, -0.25) is 9.59 Å². The number of hydrogen-bond acceptors (Lipinski definition) is 3. The maximum absolute atomic E-state index is 12.5. The van der Waals surface area contributed by atoms with Gasteiger partial charge in [0.15, 0.2) is 6.04 Å². The molecule has 0 saturated heterocycles. The average molecular weight is 326 g/mol. The summed E-state index contributed by atoms with van der Waals surface area (Å²) in [5.41, 5.74) is 0.0390. The molecule has 1 aromatic carbocycles. The van der Waals surface area contributed by atoms with Crippen molar-refractivity contribution in [2.45, 2.75) is 31.3 Å². The zero-order valence-electron chi connectivity index (χ0n) is 13.0. The number of aromatic nitrogens is 1. The molecule has 6 nitrogen and oxygen atoms in total. The second kappa shape index (κ2) is 6.70. The Labute approximate surface area is 138 Å². The van der Waals surface area contributed by atoms with Crippen molar-refractivity contribution in [3.8, 4) is 0 Å². The fourth-order valence-electron chi connectivity index (χ4n) is 2.78. The lowest BCUT2D eigenvalue weighted by molar-refractivity contribution is -0.139. The Kier molecular flexibility index (Phi) is 4.46. The van der Waals surface area contributed by atoms with E-state index in [-0.39, 0.29) is 17.2 Å². The van der Waals surface area contributed by atoms with E-state index in [9.17, 15) is 19.5 Å². The van der Waals surface area contributed by atoms with E-state index in [1.807, 2.05) is 0 Å². The van der Waals surface area contributed by atoms with Crippen molar-refractivity contribution < 1.29 is 14.7 Å². The summed E-state index contributed by atoms with van der Waals surface area (Å²) in [5.74, 6) is -1.85. The van der Waals surface area contributed by atoms with Crippen molar-refractivity contribution in [1.29, 1.82) is 0 Å². The third-order valence-corrected chi connectivity index (χ3v) is 4.34. The fraction of sp³-hybridized carbons (Fsp3) is 0.278. The summed E-state index contributed by atoms with van der Waals surface area (Å²) in [6, 6.07) is 10.4. The molecule has 0 radical (unpaired) electrons. The third kappa shape index (κ3) is 3.08. The number of nitrogens with zero attached hydrogens (tertiary/aromatic N) is 1. The molecule has 1 amide bonds. The number of pyridine rings is 1. The van der Waals surface area contributed by atoms with Crippen molar-refractivity contribution in [2.24, 2.45) is 0 Å². The molecule has 1 saturated carbocycles. The number of carbonyl (C=O) groups is 2. The number of carboxylic acids is 1. The van der Waals surface area contributed by atoms with Crippen LogP contribution in [0.4, 0.5) is 0 Å². The second-order valence-corrected chi connectivity index (χ2v) is 5.87. The van der Waals surface area contributed by atoms with Crippen LogP contribution in [0.1, 0.15) is 47.3 Å². The molecule has 24 heavy (non-hydrogen) atoms. The number of amides is 1. The van der Waals surface area contributed by atoms with E-state index >= 15 is 0 Å². The molecule has 3 rings (SSSR count). The first-order valence-electron chi connectivity index (χ1n) is 7.87. The maximum Gasteiger partial charge on any atom is 0.330 e. The van der Waals surface area contributed by atoms with E-state index in [0.717, 1.165) is 19.3 Å². The molecule has 6 heteroatoms. The standard InChI is InChI=1S/C18H18N2O4/c21-16(19-15(18(23)24)12-6-2-1-3-7-12)14-10-5-11-20(17(14)22)13-8-4-9-13/h1-3,5-7,10-11,13,15H,4,8-9H2,(H,19,21)(H,23,24). The largest absolute Gasteiger partial charge is 0.479 e. The van der Waals surface area contributed by atoms with Crippen LogP contribution in [0.25, 0.3) is 0 Å². The predicted molar refractivity (Wildman–Crippen MR) is 87.9 cm³/mol. The minimum atomic E-state index is -1.20. The van der Waals surface area contributed by atoms with Crippen LogP contribution in [0.5, 0.6) is 0 Å². The van der Waals surface area contributed by atoms with Crippen molar-refractivity contribution in [3.63, 3.8) is 0 Å². The van der Waals surface area contributed by atoms with Gasteiger partial charge in [0.25, 0.3) is 11.5 Å². The van der Waals surface area contributed by atoms with E-state index in [0.29, 0.717) is 5.56 Å². The van der Waals surface area contributed by atoms with Crippen molar-refractivity contribution in [1.82, 2.24) is 9.88 Å². The molecule has 0 aliphatic heterocycles. The molecule has 124 valence electrons. The van der Waals surface area contributed by atoms with Gasteiger partial charge < -0.3 is 15.0 Å². The SMILES string of the molecule is O=C(NC(C(=O)O)c1ccccc1)c1cccn(C2CCC2)c1=O. The molecule has 1 heterocycles. The Morgan fingerprint density at radius 2 is 1.83 bits per heavy atom. The minimum Gasteiger partial charge on any atom is -0.479 e. The Morgan fingerprint density at radius 1 is 1.12 bits per heavy atom. The van der Waals surface area contributed by atoms with Gasteiger partial charge in [0.05, 0.1) is 0 Å². The number of hydrogen-bond donors (Lipinski definition) is 2. The zero-order valence-corrected chi connectivity index (χ0v) is 13.0. The molecule has 0 bridgehead atoms. The molecule has 1 aliphatic carbocycles. The van der Waals surface area contributed by atoms with Crippen molar-refractivity contribution in [3.05, 3.63) is 70.1 Å². The molecule has 2 N–H and O–H groups in total. The summed E-state index contributed by atoms with van der Waals surface area (Å²) < 4.78 is 1.57.